The van der Waals surface area contributed by atoms with Crippen LogP contribution in [0.4, 0.5) is 0 Å². The predicted molar refractivity (Wildman–Crippen MR) is 113 cm³/mol. The fraction of sp³-hybridized carbons (Fsp3) is 0.250. The van der Waals surface area contributed by atoms with E-state index in [0.717, 1.165) is 52.6 Å². The number of aromatic amines is 1. The first-order chi connectivity index (χ1) is 13.7. The molecule has 142 valence electrons. The number of carbonyl (C=O) groups excluding carboxylic acids is 1. The van der Waals surface area contributed by atoms with Crippen LogP contribution in [-0.2, 0) is 0 Å². The van der Waals surface area contributed by atoms with Gasteiger partial charge < -0.3 is 9.72 Å². The highest BCUT2D eigenvalue weighted by Crippen LogP contribution is 2.30. The number of aryl methyl sites for hydroxylation is 1. The minimum absolute atomic E-state index is 0.0111. The number of imidazole rings is 1. The van der Waals surface area contributed by atoms with E-state index in [0.29, 0.717) is 17.7 Å². The maximum absolute atomic E-state index is 13.4. The van der Waals surface area contributed by atoms with Crippen LogP contribution in [0.15, 0.2) is 54.6 Å². The molecule has 0 bridgehead atoms. The molecule has 0 amide bonds. The molecule has 0 aliphatic carbocycles. The van der Waals surface area contributed by atoms with E-state index in [-0.39, 0.29) is 5.78 Å². The van der Waals surface area contributed by atoms with Crippen molar-refractivity contribution >= 4 is 27.6 Å². The van der Waals surface area contributed by atoms with Gasteiger partial charge in [-0.1, -0.05) is 62.2 Å². The number of ketones is 1. The van der Waals surface area contributed by atoms with Crippen LogP contribution >= 0.6 is 0 Å². The molecule has 4 rings (SSSR count). The number of carbonyl (C=O) groups is 1. The molecule has 1 N–H and O–H groups in total. The van der Waals surface area contributed by atoms with E-state index in [2.05, 4.69) is 16.9 Å². The number of hydrogen-bond donors (Lipinski definition) is 1. The number of nitrogens with one attached hydrogen (secondary N) is 1. The zero-order valence-corrected chi connectivity index (χ0v) is 16.3. The molecule has 0 saturated heterocycles. The van der Waals surface area contributed by atoms with Gasteiger partial charge in [-0.25, -0.2) is 4.98 Å². The molecule has 0 atom stereocenters. The van der Waals surface area contributed by atoms with Crippen LogP contribution in [0.3, 0.4) is 0 Å². The molecule has 0 saturated carbocycles. The number of H-pyrrole nitrogens is 1. The molecule has 0 spiro atoms. The molecule has 4 nitrogen and oxygen atoms in total. The van der Waals surface area contributed by atoms with E-state index in [1.54, 1.807) is 0 Å². The SMILES string of the molecule is CCCCCOc1ccc(C(=O)c2cccc3ccccc23)c2[nH]c(C)nc12. The number of hydrogen-bond acceptors (Lipinski definition) is 3. The van der Waals surface area contributed by atoms with Crippen molar-refractivity contribution in [2.45, 2.75) is 33.1 Å². The molecule has 4 heteroatoms. The fourth-order valence-electron chi connectivity index (χ4n) is 3.59. The summed E-state index contributed by atoms with van der Waals surface area (Å²) in [6.45, 7) is 4.72. The zero-order valence-electron chi connectivity index (χ0n) is 16.3. The van der Waals surface area contributed by atoms with Crippen molar-refractivity contribution in [3.8, 4) is 5.75 Å². The van der Waals surface area contributed by atoms with Crippen LogP contribution in [0.5, 0.6) is 5.75 Å². The Morgan fingerprint density at radius 3 is 2.68 bits per heavy atom. The summed E-state index contributed by atoms with van der Waals surface area (Å²) in [5, 5.41) is 2.01. The Morgan fingerprint density at radius 2 is 1.82 bits per heavy atom. The van der Waals surface area contributed by atoms with Gasteiger partial charge in [0.05, 0.1) is 12.1 Å². The van der Waals surface area contributed by atoms with Crippen LogP contribution in [0, 0.1) is 6.92 Å². The van der Waals surface area contributed by atoms with E-state index < -0.39 is 0 Å². The summed E-state index contributed by atoms with van der Waals surface area (Å²) in [4.78, 5) is 21.2. The second kappa shape index (κ2) is 7.85. The second-order valence-electron chi connectivity index (χ2n) is 7.07. The number of rotatable bonds is 7. The number of aromatic nitrogens is 2. The lowest BCUT2D eigenvalue weighted by Crippen LogP contribution is -2.04. The van der Waals surface area contributed by atoms with Gasteiger partial charge in [0.2, 0.25) is 0 Å². The molecule has 1 heterocycles. The van der Waals surface area contributed by atoms with Gasteiger partial charge in [0.1, 0.15) is 17.1 Å². The summed E-state index contributed by atoms with van der Waals surface area (Å²) < 4.78 is 5.95. The van der Waals surface area contributed by atoms with Gasteiger partial charge in [-0.2, -0.15) is 0 Å². The van der Waals surface area contributed by atoms with Gasteiger partial charge in [0.25, 0.3) is 0 Å². The molecule has 0 aliphatic heterocycles. The Hall–Kier alpha value is -3.14. The highest BCUT2D eigenvalue weighted by Gasteiger charge is 2.19. The van der Waals surface area contributed by atoms with Crippen molar-refractivity contribution in [2.24, 2.45) is 0 Å². The molecular formula is C24H24N2O2. The number of benzene rings is 3. The zero-order chi connectivity index (χ0) is 19.5. The average Bonchev–Trinajstić information content (AvgIpc) is 3.12. The molecule has 4 aromatic rings. The highest BCUT2D eigenvalue weighted by atomic mass is 16.5. The Balaban J connectivity index is 1.75. The van der Waals surface area contributed by atoms with Gasteiger partial charge in [-0.15, -0.1) is 0 Å². The first-order valence-corrected chi connectivity index (χ1v) is 9.83. The molecular weight excluding hydrogens is 348 g/mol. The maximum Gasteiger partial charge on any atom is 0.195 e. The number of fused-ring (bicyclic) bond motifs is 2. The molecule has 1 aromatic heterocycles. The summed E-state index contributed by atoms with van der Waals surface area (Å²) in [6.07, 6.45) is 3.30. The molecule has 28 heavy (non-hydrogen) atoms. The van der Waals surface area contributed by atoms with E-state index in [9.17, 15) is 4.79 Å². The number of nitrogens with zero attached hydrogens (tertiary/aromatic N) is 1. The standard InChI is InChI=1S/C24H24N2O2/c1-3-4-7-15-28-21-14-13-20(22-23(21)26-16(2)25-22)24(27)19-12-8-10-17-9-5-6-11-18(17)19/h5-6,8-14H,3-4,7,15H2,1-2H3,(H,25,26). The minimum atomic E-state index is -0.0111. The van der Waals surface area contributed by atoms with Crippen LogP contribution in [0.25, 0.3) is 21.8 Å². The average molecular weight is 372 g/mol. The van der Waals surface area contributed by atoms with E-state index in [1.807, 2.05) is 61.5 Å². The minimum Gasteiger partial charge on any atom is -0.491 e. The Kier molecular flexibility index (Phi) is 5.11. The predicted octanol–water partition coefficient (Wildman–Crippen LogP) is 5.82. The van der Waals surface area contributed by atoms with Crippen molar-refractivity contribution in [3.63, 3.8) is 0 Å². The Labute approximate surface area is 164 Å². The monoisotopic (exact) mass is 372 g/mol. The maximum atomic E-state index is 13.4. The van der Waals surface area contributed by atoms with Crippen molar-refractivity contribution in [1.82, 2.24) is 9.97 Å². The van der Waals surface area contributed by atoms with Crippen LogP contribution < -0.4 is 4.74 Å². The summed E-state index contributed by atoms with van der Waals surface area (Å²) >= 11 is 0. The van der Waals surface area contributed by atoms with Gasteiger partial charge in [-0.3, -0.25) is 4.79 Å². The number of ether oxygens (including phenoxy) is 1. The largest absolute Gasteiger partial charge is 0.491 e. The highest BCUT2D eigenvalue weighted by molar-refractivity contribution is 6.21. The van der Waals surface area contributed by atoms with Gasteiger partial charge in [0, 0.05) is 11.1 Å². The lowest BCUT2D eigenvalue weighted by atomic mass is 9.96. The third kappa shape index (κ3) is 3.38. The van der Waals surface area contributed by atoms with E-state index >= 15 is 0 Å². The van der Waals surface area contributed by atoms with Gasteiger partial charge in [0.15, 0.2) is 5.78 Å². The topological polar surface area (TPSA) is 55.0 Å². The van der Waals surface area contributed by atoms with Crippen molar-refractivity contribution in [3.05, 3.63) is 71.5 Å². The van der Waals surface area contributed by atoms with Crippen LogP contribution in [0.1, 0.15) is 47.9 Å². The normalized spacial score (nSPS) is 11.2. The quantitative estimate of drug-likeness (QED) is 0.328. The molecule has 3 aromatic carbocycles. The third-order valence-corrected chi connectivity index (χ3v) is 5.01. The number of unbranched alkanes of at least 4 members (excludes halogenated alkanes) is 2. The van der Waals surface area contributed by atoms with Crippen LogP contribution in [0.2, 0.25) is 0 Å². The van der Waals surface area contributed by atoms with E-state index in [1.165, 1.54) is 0 Å². The fourth-order valence-corrected chi connectivity index (χ4v) is 3.59. The summed E-state index contributed by atoms with van der Waals surface area (Å²) in [6, 6.07) is 17.5. The second-order valence-corrected chi connectivity index (χ2v) is 7.07. The smallest absolute Gasteiger partial charge is 0.195 e. The third-order valence-electron chi connectivity index (χ3n) is 5.01. The van der Waals surface area contributed by atoms with Gasteiger partial charge in [-0.05, 0) is 36.2 Å². The summed E-state index contributed by atoms with van der Waals surface area (Å²) in [5.74, 6) is 1.49. The molecule has 0 fully saturated rings. The lowest BCUT2D eigenvalue weighted by molar-refractivity contribution is 0.104. The molecule has 0 unspecified atom stereocenters. The lowest BCUT2D eigenvalue weighted by Gasteiger charge is -2.10. The van der Waals surface area contributed by atoms with E-state index in [4.69, 9.17) is 4.74 Å². The Bertz CT molecular complexity index is 1140. The first-order valence-electron chi connectivity index (χ1n) is 9.83. The summed E-state index contributed by atoms with van der Waals surface area (Å²) in [5.41, 5.74) is 2.78. The Morgan fingerprint density at radius 1 is 1.00 bits per heavy atom. The molecule has 0 radical (unpaired) electrons. The van der Waals surface area contributed by atoms with Crippen molar-refractivity contribution < 1.29 is 9.53 Å². The van der Waals surface area contributed by atoms with Crippen molar-refractivity contribution in [2.75, 3.05) is 6.61 Å². The molecule has 0 aliphatic rings. The first kappa shape index (κ1) is 18.2. The van der Waals surface area contributed by atoms with Gasteiger partial charge >= 0.3 is 0 Å². The van der Waals surface area contributed by atoms with Crippen molar-refractivity contribution in [1.29, 1.82) is 0 Å². The van der Waals surface area contributed by atoms with Crippen LogP contribution in [-0.4, -0.2) is 22.4 Å². The summed E-state index contributed by atoms with van der Waals surface area (Å²) in [7, 11) is 0.